The zero-order valence-corrected chi connectivity index (χ0v) is 15.6. The van der Waals surface area contributed by atoms with Gasteiger partial charge in [0, 0.05) is 25.2 Å². The van der Waals surface area contributed by atoms with Gasteiger partial charge in [0.25, 0.3) is 0 Å². The van der Waals surface area contributed by atoms with E-state index in [-0.39, 0.29) is 0 Å². The maximum atomic E-state index is 5.79. The second-order valence-corrected chi connectivity index (χ2v) is 6.58. The number of likely N-dealkylation sites (N-methyl/N-ethyl adjacent to an activating group) is 1. The maximum Gasteiger partial charge on any atom is 0.152 e. The number of nitrogens with zero attached hydrogens (tertiary/aromatic N) is 2. The van der Waals surface area contributed by atoms with E-state index in [1.54, 1.807) is 0 Å². The van der Waals surface area contributed by atoms with Gasteiger partial charge in [0.15, 0.2) is 5.76 Å². The number of rotatable bonds is 9. The van der Waals surface area contributed by atoms with Crippen molar-refractivity contribution < 1.29 is 9.15 Å². The molecule has 0 amide bonds. The molecule has 0 fully saturated rings. The lowest BCUT2D eigenvalue weighted by Crippen LogP contribution is -2.19. The standard InChI is InChI=1S/C20H26N4O2/c1-15-7-8-19(26-15)20-17(14-22-23-20)13-21-12-16-5-4-6-18(11-16)25-10-9-24(2)3/h4-8,11,14,21H,9-10,12-13H2,1-3H3,(H,22,23). The van der Waals surface area contributed by atoms with E-state index in [4.69, 9.17) is 9.15 Å². The normalized spacial score (nSPS) is 11.2. The Morgan fingerprint density at radius 1 is 1.19 bits per heavy atom. The molecule has 0 aliphatic rings. The number of hydrogen-bond acceptors (Lipinski definition) is 5. The first kappa shape index (κ1) is 18.2. The lowest BCUT2D eigenvalue weighted by atomic mass is 10.2. The molecule has 0 bridgehead atoms. The van der Waals surface area contributed by atoms with Crippen molar-refractivity contribution in [2.24, 2.45) is 0 Å². The van der Waals surface area contributed by atoms with E-state index in [9.17, 15) is 0 Å². The smallest absolute Gasteiger partial charge is 0.152 e. The van der Waals surface area contributed by atoms with Gasteiger partial charge in [-0.05, 0) is 50.8 Å². The summed E-state index contributed by atoms with van der Waals surface area (Å²) < 4.78 is 11.5. The van der Waals surface area contributed by atoms with Crippen LogP contribution in [0.5, 0.6) is 5.75 Å². The SMILES string of the molecule is Cc1ccc(-c2[nH]ncc2CNCc2cccc(OCCN(C)C)c2)o1. The Kier molecular flexibility index (Phi) is 6.09. The summed E-state index contributed by atoms with van der Waals surface area (Å²) in [6.07, 6.45) is 1.83. The van der Waals surface area contributed by atoms with E-state index >= 15 is 0 Å². The molecule has 6 heteroatoms. The predicted molar refractivity (Wildman–Crippen MR) is 102 cm³/mol. The van der Waals surface area contributed by atoms with Crippen molar-refractivity contribution in [1.82, 2.24) is 20.4 Å². The van der Waals surface area contributed by atoms with Crippen LogP contribution in [0.1, 0.15) is 16.9 Å². The fraction of sp³-hybridized carbons (Fsp3) is 0.350. The van der Waals surface area contributed by atoms with E-state index < -0.39 is 0 Å². The summed E-state index contributed by atoms with van der Waals surface area (Å²) in [5.41, 5.74) is 3.19. The summed E-state index contributed by atoms with van der Waals surface area (Å²) in [4.78, 5) is 2.11. The van der Waals surface area contributed by atoms with Gasteiger partial charge in [0.05, 0.1) is 6.20 Å². The van der Waals surface area contributed by atoms with Gasteiger partial charge < -0.3 is 19.4 Å². The third-order valence-electron chi connectivity index (χ3n) is 4.05. The molecule has 1 aromatic carbocycles. The second-order valence-electron chi connectivity index (χ2n) is 6.58. The fourth-order valence-electron chi connectivity index (χ4n) is 2.66. The Morgan fingerprint density at radius 2 is 2.08 bits per heavy atom. The summed E-state index contributed by atoms with van der Waals surface area (Å²) in [5, 5.41) is 10.6. The number of aryl methyl sites for hydroxylation is 1. The molecule has 0 radical (unpaired) electrons. The van der Waals surface area contributed by atoms with Crippen molar-refractivity contribution in [3.8, 4) is 17.2 Å². The molecule has 3 aromatic rings. The van der Waals surface area contributed by atoms with Gasteiger partial charge in [-0.3, -0.25) is 5.10 Å². The highest BCUT2D eigenvalue weighted by Gasteiger charge is 2.10. The molecular weight excluding hydrogens is 328 g/mol. The summed E-state index contributed by atoms with van der Waals surface area (Å²) in [6, 6.07) is 12.1. The number of aromatic amines is 1. The van der Waals surface area contributed by atoms with Crippen LogP contribution in [0.2, 0.25) is 0 Å². The van der Waals surface area contributed by atoms with E-state index in [0.717, 1.165) is 41.6 Å². The Labute approximate surface area is 154 Å². The summed E-state index contributed by atoms with van der Waals surface area (Å²) in [6.45, 7) is 4.98. The Hall–Kier alpha value is -2.57. The highest BCUT2D eigenvalue weighted by Crippen LogP contribution is 2.23. The third-order valence-corrected chi connectivity index (χ3v) is 4.05. The first-order valence-corrected chi connectivity index (χ1v) is 8.78. The molecule has 0 spiro atoms. The Balaban J connectivity index is 1.53. The summed E-state index contributed by atoms with van der Waals surface area (Å²) in [5.74, 6) is 2.61. The fourth-order valence-corrected chi connectivity index (χ4v) is 2.66. The average Bonchev–Trinajstić information content (AvgIpc) is 3.23. The molecule has 0 aliphatic heterocycles. The molecule has 2 heterocycles. The molecule has 0 saturated heterocycles. The molecule has 2 aromatic heterocycles. The number of furan rings is 1. The highest BCUT2D eigenvalue weighted by atomic mass is 16.5. The lowest BCUT2D eigenvalue weighted by Gasteiger charge is -2.12. The van der Waals surface area contributed by atoms with Crippen LogP contribution in [-0.4, -0.2) is 42.3 Å². The Morgan fingerprint density at radius 3 is 2.85 bits per heavy atom. The number of aromatic nitrogens is 2. The van der Waals surface area contributed by atoms with Crippen LogP contribution in [0, 0.1) is 6.92 Å². The van der Waals surface area contributed by atoms with E-state index in [1.807, 2.05) is 51.5 Å². The molecule has 138 valence electrons. The first-order valence-electron chi connectivity index (χ1n) is 8.78. The molecule has 6 nitrogen and oxygen atoms in total. The van der Waals surface area contributed by atoms with Crippen LogP contribution in [0.4, 0.5) is 0 Å². The van der Waals surface area contributed by atoms with Crippen molar-refractivity contribution in [3.63, 3.8) is 0 Å². The molecule has 2 N–H and O–H groups in total. The third kappa shape index (κ3) is 4.97. The van der Waals surface area contributed by atoms with Gasteiger partial charge in [-0.1, -0.05) is 12.1 Å². The topological polar surface area (TPSA) is 66.3 Å². The summed E-state index contributed by atoms with van der Waals surface area (Å²) >= 11 is 0. The molecule has 0 unspecified atom stereocenters. The molecule has 26 heavy (non-hydrogen) atoms. The first-order chi connectivity index (χ1) is 12.6. The van der Waals surface area contributed by atoms with Crippen molar-refractivity contribution in [2.75, 3.05) is 27.2 Å². The minimum Gasteiger partial charge on any atom is -0.492 e. The van der Waals surface area contributed by atoms with Gasteiger partial charge >= 0.3 is 0 Å². The van der Waals surface area contributed by atoms with Gasteiger partial charge in [-0.2, -0.15) is 5.10 Å². The number of benzene rings is 1. The number of ether oxygens (including phenoxy) is 1. The van der Waals surface area contributed by atoms with Crippen molar-refractivity contribution >= 4 is 0 Å². The molecule has 0 aliphatic carbocycles. The maximum absolute atomic E-state index is 5.79. The molecule has 0 saturated carbocycles. The Bertz CT molecular complexity index is 823. The van der Waals surface area contributed by atoms with E-state index in [1.165, 1.54) is 5.56 Å². The van der Waals surface area contributed by atoms with Gasteiger partial charge in [0.1, 0.15) is 23.8 Å². The van der Waals surface area contributed by atoms with Gasteiger partial charge in [-0.25, -0.2) is 0 Å². The lowest BCUT2D eigenvalue weighted by molar-refractivity contribution is 0.261. The van der Waals surface area contributed by atoms with Gasteiger partial charge in [0.2, 0.25) is 0 Å². The number of H-pyrrole nitrogens is 1. The monoisotopic (exact) mass is 354 g/mol. The zero-order valence-electron chi connectivity index (χ0n) is 15.6. The molecule has 0 atom stereocenters. The van der Waals surface area contributed by atoms with Crippen molar-refractivity contribution in [2.45, 2.75) is 20.0 Å². The highest BCUT2D eigenvalue weighted by molar-refractivity contribution is 5.56. The minimum atomic E-state index is 0.685. The van der Waals surface area contributed by atoms with E-state index in [2.05, 4.69) is 32.5 Å². The van der Waals surface area contributed by atoms with Crippen molar-refractivity contribution in [3.05, 3.63) is 59.5 Å². The summed E-state index contributed by atoms with van der Waals surface area (Å²) in [7, 11) is 4.08. The van der Waals surface area contributed by atoms with Crippen molar-refractivity contribution in [1.29, 1.82) is 0 Å². The molecular formula is C20H26N4O2. The zero-order chi connectivity index (χ0) is 18.4. The van der Waals surface area contributed by atoms with Crippen LogP contribution in [0.15, 0.2) is 47.0 Å². The van der Waals surface area contributed by atoms with Gasteiger partial charge in [-0.15, -0.1) is 0 Å². The molecule has 3 rings (SSSR count). The predicted octanol–water partition coefficient (Wildman–Crippen LogP) is 3.21. The quantitative estimate of drug-likeness (QED) is 0.618. The largest absolute Gasteiger partial charge is 0.492 e. The number of hydrogen-bond donors (Lipinski definition) is 2. The van der Waals surface area contributed by atoms with E-state index in [0.29, 0.717) is 13.2 Å². The van der Waals surface area contributed by atoms with Crippen LogP contribution in [0.25, 0.3) is 11.5 Å². The van der Waals surface area contributed by atoms with Crippen LogP contribution >= 0.6 is 0 Å². The minimum absolute atomic E-state index is 0.685. The average molecular weight is 354 g/mol. The second kappa shape index (κ2) is 8.69. The number of nitrogens with one attached hydrogen (secondary N) is 2. The van der Waals surface area contributed by atoms with Crippen LogP contribution < -0.4 is 10.1 Å². The van der Waals surface area contributed by atoms with Crippen LogP contribution in [0.3, 0.4) is 0 Å². The van der Waals surface area contributed by atoms with Crippen LogP contribution in [-0.2, 0) is 13.1 Å².